The number of morpholine rings is 1. The van der Waals surface area contributed by atoms with Gasteiger partial charge in [-0.1, -0.05) is 6.07 Å². The van der Waals surface area contributed by atoms with Gasteiger partial charge in [0.2, 0.25) is 0 Å². The number of hydrogen-bond acceptors (Lipinski definition) is 6. The third-order valence-electron chi connectivity index (χ3n) is 2.98. The van der Waals surface area contributed by atoms with Gasteiger partial charge in [0.15, 0.2) is 0 Å². The predicted octanol–water partition coefficient (Wildman–Crippen LogP) is 0.361. The van der Waals surface area contributed by atoms with Crippen molar-refractivity contribution < 1.29 is 9.66 Å². The predicted molar refractivity (Wildman–Crippen MR) is 68.5 cm³/mol. The lowest BCUT2D eigenvalue weighted by atomic mass is 10.1. The number of pyridine rings is 1. The standard InChI is InChI=1S/C12H16N4O3/c13-12(16(17)18)11(15-4-6-19-7-5-15)8-10-2-1-3-14-9-10/h1-3,9H,4-8,13H2. The number of ether oxygens (including phenoxy) is 1. The van der Waals surface area contributed by atoms with Crippen molar-refractivity contribution in [3.63, 3.8) is 0 Å². The highest BCUT2D eigenvalue weighted by molar-refractivity contribution is 5.19. The van der Waals surface area contributed by atoms with Crippen LogP contribution in [0, 0.1) is 10.1 Å². The largest absolute Gasteiger partial charge is 0.378 e. The van der Waals surface area contributed by atoms with Gasteiger partial charge in [0.1, 0.15) is 5.70 Å². The second kappa shape index (κ2) is 6.14. The second-order valence-corrected chi connectivity index (χ2v) is 4.23. The smallest absolute Gasteiger partial charge is 0.333 e. The van der Waals surface area contributed by atoms with Crippen molar-refractivity contribution in [3.8, 4) is 0 Å². The normalized spacial score (nSPS) is 16.9. The van der Waals surface area contributed by atoms with Crippen molar-refractivity contribution >= 4 is 0 Å². The van der Waals surface area contributed by atoms with Gasteiger partial charge in [-0.3, -0.25) is 10.7 Å². The summed E-state index contributed by atoms with van der Waals surface area (Å²) in [5.41, 5.74) is 7.04. The van der Waals surface area contributed by atoms with Crippen LogP contribution in [0.15, 0.2) is 36.0 Å². The first-order valence-corrected chi connectivity index (χ1v) is 6.03. The molecule has 1 aromatic rings. The van der Waals surface area contributed by atoms with Crippen LogP contribution in [0.25, 0.3) is 0 Å². The van der Waals surface area contributed by atoms with Crippen molar-refractivity contribution in [3.05, 3.63) is 51.7 Å². The van der Waals surface area contributed by atoms with Crippen LogP contribution in [0.1, 0.15) is 5.56 Å². The molecular formula is C12H16N4O3. The summed E-state index contributed by atoms with van der Waals surface area (Å²) < 4.78 is 5.25. The molecule has 7 heteroatoms. The maximum Gasteiger partial charge on any atom is 0.333 e. The number of nitrogens with zero attached hydrogens (tertiary/aromatic N) is 3. The first kappa shape index (κ1) is 13.3. The summed E-state index contributed by atoms with van der Waals surface area (Å²) in [6.45, 7) is 2.34. The van der Waals surface area contributed by atoms with Gasteiger partial charge in [0.05, 0.1) is 13.2 Å². The monoisotopic (exact) mass is 264 g/mol. The quantitative estimate of drug-likeness (QED) is 0.623. The molecule has 2 N–H and O–H groups in total. The molecule has 2 rings (SSSR count). The van der Waals surface area contributed by atoms with E-state index < -0.39 is 4.92 Å². The van der Waals surface area contributed by atoms with Crippen LogP contribution < -0.4 is 5.73 Å². The Kier molecular flexibility index (Phi) is 4.30. The van der Waals surface area contributed by atoms with E-state index in [1.807, 2.05) is 11.0 Å². The molecule has 0 aromatic carbocycles. The summed E-state index contributed by atoms with van der Waals surface area (Å²) >= 11 is 0. The van der Waals surface area contributed by atoms with Gasteiger partial charge in [-0.2, -0.15) is 0 Å². The zero-order chi connectivity index (χ0) is 13.7. The van der Waals surface area contributed by atoms with Gasteiger partial charge in [-0.05, 0) is 16.6 Å². The molecule has 7 nitrogen and oxygen atoms in total. The van der Waals surface area contributed by atoms with Gasteiger partial charge in [-0.25, -0.2) is 0 Å². The van der Waals surface area contributed by atoms with E-state index in [-0.39, 0.29) is 5.82 Å². The van der Waals surface area contributed by atoms with Crippen LogP contribution in [0.2, 0.25) is 0 Å². The molecule has 1 saturated heterocycles. The Morgan fingerprint density at radius 2 is 2.26 bits per heavy atom. The SMILES string of the molecule is NC(=C(Cc1cccnc1)N1CCOCC1)[N+](=O)[O-]. The van der Waals surface area contributed by atoms with Crippen LogP contribution in [-0.4, -0.2) is 41.1 Å². The Morgan fingerprint density at radius 3 is 2.84 bits per heavy atom. The van der Waals surface area contributed by atoms with Crippen molar-refractivity contribution in [1.82, 2.24) is 9.88 Å². The third kappa shape index (κ3) is 3.41. The highest BCUT2D eigenvalue weighted by atomic mass is 16.6. The number of aromatic nitrogens is 1. The lowest BCUT2D eigenvalue weighted by Crippen LogP contribution is -2.38. The summed E-state index contributed by atoms with van der Waals surface area (Å²) in [5.74, 6) is -0.300. The van der Waals surface area contributed by atoms with Crippen LogP contribution in [0.5, 0.6) is 0 Å². The summed E-state index contributed by atoms with van der Waals surface area (Å²) in [6, 6.07) is 3.68. The second-order valence-electron chi connectivity index (χ2n) is 4.23. The zero-order valence-electron chi connectivity index (χ0n) is 10.5. The van der Waals surface area contributed by atoms with Gasteiger partial charge < -0.3 is 19.8 Å². The van der Waals surface area contributed by atoms with E-state index >= 15 is 0 Å². The first-order chi connectivity index (χ1) is 9.18. The van der Waals surface area contributed by atoms with Crippen LogP contribution in [0.3, 0.4) is 0 Å². The average molecular weight is 264 g/mol. The van der Waals surface area contributed by atoms with E-state index in [1.54, 1.807) is 18.5 Å². The molecule has 0 atom stereocenters. The molecule has 0 saturated carbocycles. The van der Waals surface area contributed by atoms with Crippen molar-refractivity contribution in [2.75, 3.05) is 26.3 Å². The Balaban J connectivity index is 2.24. The summed E-state index contributed by atoms with van der Waals surface area (Å²) in [5, 5.41) is 10.9. The molecule has 0 spiro atoms. The van der Waals surface area contributed by atoms with E-state index in [0.29, 0.717) is 38.4 Å². The molecule has 1 aromatic heterocycles. The summed E-state index contributed by atoms with van der Waals surface area (Å²) in [7, 11) is 0. The average Bonchev–Trinajstić information content (AvgIpc) is 2.46. The molecule has 0 bridgehead atoms. The van der Waals surface area contributed by atoms with Gasteiger partial charge >= 0.3 is 5.82 Å². The highest BCUT2D eigenvalue weighted by Gasteiger charge is 2.22. The maximum absolute atomic E-state index is 10.9. The molecule has 102 valence electrons. The minimum absolute atomic E-state index is 0.300. The molecule has 0 radical (unpaired) electrons. The van der Waals surface area contributed by atoms with Crippen LogP contribution >= 0.6 is 0 Å². The zero-order valence-corrected chi connectivity index (χ0v) is 10.5. The summed E-state index contributed by atoms with van der Waals surface area (Å²) in [4.78, 5) is 16.3. The molecule has 19 heavy (non-hydrogen) atoms. The molecule has 0 aliphatic carbocycles. The topological polar surface area (TPSA) is 94.5 Å². The van der Waals surface area contributed by atoms with E-state index in [1.165, 1.54) is 0 Å². The van der Waals surface area contributed by atoms with Crippen LogP contribution in [-0.2, 0) is 11.2 Å². The molecule has 2 heterocycles. The van der Waals surface area contributed by atoms with Crippen molar-refractivity contribution in [1.29, 1.82) is 0 Å². The lowest BCUT2D eigenvalue weighted by Gasteiger charge is -2.30. The number of nitrogens with two attached hydrogens (primary N) is 1. The molecule has 0 unspecified atom stereocenters. The fourth-order valence-electron chi connectivity index (χ4n) is 2.00. The van der Waals surface area contributed by atoms with Gasteiger partial charge in [0, 0.05) is 31.9 Å². The Bertz CT molecular complexity index is 469. The van der Waals surface area contributed by atoms with E-state index in [0.717, 1.165) is 5.56 Å². The van der Waals surface area contributed by atoms with Crippen LogP contribution in [0.4, 0.5) is 0 Å². The van der Waals surface area contributed by atoms with Gasteiger partial charge in [-0.15, -0.1) is 0 Å². The lowest BCUT2D eigenvalue weighted by molar-refractivity contribution is -0.429. The molecular weight excluding hydrogens is 248 g/mol. The number of allylic oxidation sites excluding steroid dienone is 1. The fraction of sp³-hybridized carbons (Fsp3) is 0.417. The number of hydrogen-bond donors (Lipinski definition) is 1. The summed E-state index contributed by atoms with van der Waals surface area (Å²) in [6.07, 6.45) is 3.76. The molecule has 1 fully saturated rings. The highest BCUT2D eigenvalue weighted by Crippen LogP contribution is 2.16. The third-order valence-corrected chi connectivity index (χ3v) is 2.98. The van der Waals surface area contributed by atoms with E-state index in [4.69, 9.17) is 10.5 Å². The maximum atomic E-state index is 10.9. The van der Waals surface area contributed by atoms with Crippen molar-refractivity contribution in [2.45, 2.75) is 6.42 Å². The number of nitro groups is 1. The minimum Gasteiger partial charge on any atom is -0.378 e. The van der Waals surface area contributed by atoms with Crippen molar-refractivity contribution in [2.24, 2.45) is 5.73 Å². The Morgan fingerprint density at radius 1 is 1.53 bits per heavy atom. The molecule has 0 amide bonds. The van der Waals surface area contributed by atoms with E-state index in [2.05, 4.69) is 4.98 Å². The Hall–Kier alpha value is -2.15. The van der Waals surface area contributed by atoms with Gasteiger partial charge in [0.25, 0.3) is 0 Å². The first-order valence-electron chi connectivity index (χ1n) is 6.03. The minimum atomic E-state index is -0.541. The fourth-order valence-corrected chi connectivity index (χ4v) is 2.00. The molecule has 1 aliphatic heterocycles. The number of rotatable bonds is 4. The molecule has 1 aliphatic rings. The van der Waals surface area contributed by atoms with E-state index in [9.17, 15) is 10.1 Å². The Labute approximate surface area is 110 Å².